The van der Waals surface area contributed by atoms with Crippen LogP contribution in [0, 0.1) is 0 Å². The number of fused-ring (bicyclic) bond motifs is 1. The molecular weight excluding hydrogens is 310 g/mol. The summed E-state index contributed by atoms with van der Waals surface area (Å²) in [5.74, 6) is 0. The number of benzene rings is 3. The number of hydrogen-bond acceptors (Lipinski definition) is 1. The van der Waals surface area contributed by atoms with Crippen LogP contribution >= 0.6 is 15.9 Å². The maximum absolute atomic E-state index is 6.66. The van der Waals surface area contributed by atoms with Crippen molar-refractivity contribution >= 4 is 26.7 Å². The van der Waals surface area contributed by atoms with Crippen LogP contribution in [0.15, 0.2) is 71.2 Å². The van der Waals surface area contributed by atoms with Gasteiger partial charge in [-0.2, -0.15) is 0 Å². The Kier molecular flexibility index (Phi) is 3.36. The highest BCUT2D eigenvalue weighted by molar-refractivity contribution is 9.10. The zero-order valence-electron chi connectivity index (χ0n) is 11.3. The summed E-state index contributed by atoms with van der Waals surface area (Å²) in [5.41, 5.74) is 8.41. The largest absolute Gasteiger partial charge is 0.318 e. The first-order valence-corrected chi connectivity index (χ1v) is 7.41. The lowest BCUT2D eigenvalue weighted by molar-refractivity contribution is 0.608. The van der Waals surface area contributed by atoms with Crippen molar-refractivity contribution in [3.63, 3.8) is 0 Å². The van der Waals surface area contributed by atoms with Crippen LogP contribution < -0.4 is 5.73 Å². The zero-order chi connectivity index (χ0) is 14.2. The monoisotopic (exact) mass is 325 g/mol. The van der Waals surface area contributed by atoms with Gasteiger partial charge in [-0.3, -0.25) is 0 Å². The van der Waals surface area contributed by atoms with E-state index in [9.17, 15) is 0 Å². The molecule has 0 aliphatic carbocycles. The molecule has 0 amide bonds. The normalized spacial score (nSPS) is 14.2. The van der Waals surface area contributed by atoms with Gasteiger partial charge in [-0.25, -0.2) is 0 Å². The van der Waals surface area contributed by atoms with E-state index in [-0.39, 0.29) is 0 Å². The second-order valence-electron chi connectivity index (χ2n) is 5.24. The van der Waals surface area contributed by atoms with Crippen molar-refractivity contribution in [2.75, 3.05) is 0 Å². The highest BCUT2D eigenvalue weighted by atomic mass is 79.9. The van der Waals surface area contributed by atoms with Crippen molar-refractivity contribution in [2.24, 2.45) is 5.73 Å². The van der Waals surface area contributed by atoms with E-state index in [1.165, 1.54) is 10.8 Å². The Labute approximate surface area is 127 Å². The highest BCUT2D eigenvalue weighted by Gasteiger charge is 2.25. The molecule has 0 bridgehead atoms. The van der Waals surface area contributed by atoms with Gasteiger partial charge in [-0.1, -0.05) is 70.5 Å². The first kappa shape index (κ1) is 13.3. The van der Waals surface area contributed by atoms with Gasteiger partial charge in [-0.05, 0) is 41.0 Å². The van der Waals surface area contributed by atoms with Crippen molar-refractivity contribution in [1.82, 2.24) is 0 Å². The molecule has 2 N–H and O–H groups in total. The summed E-state index contributed by atoms with van der Waals surface area (Å²) in [6.45, 7) is 2.07. The van der Waals surface area contributed by atoms with Crippen molar-refractivity contribution in [1.29, 1.82) is 0 Å². The van der Waals surface area contributed by atoms with Crippen LogP contribution in [0.5, 0.6) is 0 Å². The first-order valence-electron chi connectivity index (χ1n) is 6.62. The minimum Gasteiger partial charge on any atom is -0.318 e. The minimum atomic E-state index is -0.512. The second kappa shape index (κ2) is 5.04. The molecule has 0 spiro atoms. The Balaban J connectivity index is 2.20. The maximum atomic E-state index is 6.66. The number of rotatable bonds is 2. The lowest BCUT2D eigenvalue weighted by Crippen LogP contribution is -2.34. The second-order valence-corrected chi connectivity index (χ2v) is 6.15. The Hall–Kier alpha value is -1.64. The average Bonchev–Trinajstić information content (AvgIpc) is 2.47. The quantitative estimate of drug-likeness (QED) is 0.717. The third-order valence-corrected chi connectivity index (χ3v) is 4.32. The van der Waals surface area contributed by atoms with Crippen molar-refractivity contribution in [2.45, 2.75) is 12.5 Å². The molecule has 0 aliphatic rings. The molecular formula is C18H16BrN. The molecule has 0 saturated heterocycles. The molecule has 1 atom stereocenters. The SMILES string of the molecule is CC(N)(c1ccc(Br)cc1)c1cccc2ccccc12. The summed E-state index contributed by atoms with van der Waals surface area (Å²) in [6, 6.07) is 22.9. The Bertz CT molecular complexity index is 739. The zero-order valence-corrected chi connectivity index (χ0v) is 12.9. The summed E-state index contributed by atoms with van der Waals surface area (Å²) >= 11 is 3.47. The van der Waals surface area contributed by atoms with Gasteiger partial charge in [0.1, 0.15) is 0 Å². The van der Waals surface area contributed by atoms with Gasteiger partial charge in [0.2, 0.25) is 0 Å². The molecule has 0 radical (unpaired) electrons. The summed E-state index contributed by atoms with van der Waals surface area (Å²) in [6.07, 6.45) is 0. The molecule has 20 heavy (non-hydrogen) atoms. The first-order chi connectivity index (χ1) is 9.59. The lowest BCUT2D eigenvalue weighted by atomic mass is 9.83. The third kappa shape index (κ3) is 2.26. The van der Waals surface area contributed by atoms with E-state index in [0.717, 1.165) is 15.6 Å². The number of hydrogen-bond donors (Lipinski definition) is 1. The van der Waals surface area contributed by atoms with Crippen LogP contribution in [-0.4, -0.2) is 0 Å². The van der Waals surface area contributed by atoms with Crippen LogP contribution in [0.4, 0.5) is 0 Å². The highest BCUT2D eigenvalue weighted by Crippen LogP contribution is 2.32. The van der Waals surface area contributed by atoms with Crippen molar-refractivity contribution in [3.05, 3.63) is 82.3 Å². The fourth-order valence-corrected chi connectivity index (χ4v) is 2.89. The third-order valence-electron chi connectivity index (χ3n) is 3.79. The Morgan fingerprint density at radius 2 is 1.50 bits per heavy atom. The molecule has 3 aromatic rings. The smallest absolute Gasteiger partial charge is 0.0642 e. The van der Waals surface area contributed by atoms with Crippen LogP contribution in [0.1, 0.15) is 18.1 Å². The van der Waals surface area contributed by atoms with Crippen LogP contribution in [-0.2, 0) is 5.54 Å². The molecule has 2 heteroatoms. The molecule has 1 unspecified atom stereocenters. The molecule has 0 heterocycles. The van der Waals surface area contributed by atoms with Gasteiger partial charge in [0.05, 0.1) is 5.54 Å². The summed E-state index contributed by atoms with van der Waals surface area (Å²) in [4.78, 5) is 0. The van der Waals surface area contributed by atoms with Gasteiger partial charge in [0.15, 0.2) is 0 Å². The fraction of sp³-hybridized carbons (Fsp3) is 0.111. The molecule has 3 aromatic carbocycles. The average molecular weight is 326 g/mol. The molecule has 3 rings (SSSR count). The number of halogens is 1. The van der Waals surface area contributed by atoms with Crippen LogP contribution in [0.25, 0.3) is 10.8 Å². The van der Waals surface area contributed by atoms with E-state index in [4.69, 9.17) is 5.73 Å². The molecule has 100 valence electrons. The van der Waals surface area contributed by atoms with Gasteiger partial charge in [0, 0.05) is 4.47 Å². The predicted molar refractivity (Wildman–Crippen MR) is 88.7 cm³/mol. The van der Waals surface area contributed by atoms with Crippen LogP contribution in [0.3, 0.4) is 0 Å². The predicted octanol–water partition coefficient (Wildman–Crippen LogP) is 4.82. The lowest BCUT2D eigenvalue weighted by Gasteiger charge is -2.27. The van der Waals surface area contributed by atoms with Crippen molar-refractivity contribution < 1.29 is 0 Å². The summed E-state index contributed by atoms with van der Waals surface area (Å²) in [7, 11) is 0. The van der Waals surface area contributed by atoms with E-state index in [2.05, 4.69) is 77.5 Å². The van der Waals surface area contributed by atoms with Crippen LogP contribution in [0.2, 0.25) is 0 Å². The fourth-order valence-electron chi connectivity index (χ4n) is 2.63. The van der Waals surface area contributed by atoms with Gasteiger partial charge < -0.3 is 5.73 Å². The van der Waals surface area contributed by atoms with Gasteiger partial charge in [0.25, 0.3) is 0 Å². The number of nitrogens with two attached hydrogens (primary N) is 1. The van der Waals surface area contributed by atoms with E-state index in [1.54, 1.807) is 0 Å². The van der Waals surface area contributed by atoms with Gasteiger partial charge in [-0.15, -0.1) is 0 Å². The topological polar surface area (TPSA) is 26.0 Å². The van der Waals surface area contributed by atoms with Gasteiger partial charge >= 0.3 is 0 Å². The summed E-state index contributed by atoms with van der Waals surface area (Å²) < 4.78 is 1.06. The summed E-state index contributed by atoms with van der Waals surface area (Å²) in [5, 5.41) is 2.43. The molecule has 0 aromatic heterocycles. The molecule has 1 nitrogen and oxygen atoms in total. The van der Waals surface area contributed by atoms with E-state index in [0.29, 0.717) is 0 Å². The minimum absolute atomic E-state index is 0.512. The van der Waals surface area contributed by atoms with E-state index >= 15 is 0 Å². The van der Waals surface area contributed by atoms with Crippen molar-refractivity contribution in [3.8, 4) is 0 Å². The Morgan fingerprint density at radius 1 is 0.850 bits per heavy atom. The molecule has 0 aliphatic heterocycles. The Morgan fingerprint density at radius 3 is 2.25 bits per heavy atom. The molecule has 0 saturated carbocycles. The maximum Gasteiger partial charge on any atom is 0.0642 e. The van der Waals surface area contributed by atoms with E-state index in [1.807, 2.05) is 12.1 Å². The molecule has 0 fully saturated rings. The standard InChI is InChI=1S/C18H16BrN/c1-18(20,14-9-11-15(19)12-10-14)17-8-4-6-13-5-2-3-7-16(13)17/h2-12H,20H2,1H3. The van der Waals surface area contributed by atoms with E-state index < -0.39 is 5.54 Å².